The maximum absolute atomic E-state index is 11.2. The maximum Gasteiger partial charge on any atom is 0.332 e. The standard InChI is InChI=1S/C11H15ClN4O2/c1-7-5-3-4-6-15(7)10-9(16(17)18)8(2)13-11(12)14-10/h7H,3-6H2,1-2H3. The second kappa shape index (κ2) is 5.06. The van der Waals surface area contributed by atoms with Crippen molar-refractivity contribution in [1.82, 2.24) is 9.97 Å². The Morgan fingerprint density at radius 3 is 2.78 bits per heavy atom. The Labute approximate surface area is 110 Å². The maximum atomic E-state index is 11.2. The van der Waals surface area contributed by atoms with Gasteiger partial charge in [-0.1, -0.05) is 0 Å². The van der Waals surface area contributed by atoms with Crippen LogP contribution in [-0.4, -0.2) is 27.5 Å². The topological polar surface area (TPSA) is 72.2 Å². The van der Waals surface area contributed by atoms with Gasteiger partial charge in [-0.25, -0.2) is 4.98 Å². The Balaban J connectivity index is 2.50. The van der Waals surface area contributed by atoms with Crippen molar-refractivity contribution in [3.8, 4) is 0 Å². The molecule has 0 N–H and O–H groups in total. The molecule has 0 spiro atoms. The number of aromatic nitrogens is 2. The van der Waals surface area contributed by atoms with E-state index in [1.54, 1.807) is 6.92 Å². The van der Waals surface area contributed by atoms with E-state index in [1.165, 1.54) is 0 Å². The lowest BCUT2D eigenvalue weighted by molar-refractivity contribution is -0.385. The molecule has 0 aliphatic carbocycles. The van der Waals surface area contributed by atoms with Gasteiger partial charge >= 0.3 is 5.69 Å². The third kappa shape index (κ3) is 2.38. The van der Waals surface area contributed by atoms with Crippen molar-refractivity contribution >= 4 is 23.1 Å². The van der Waals surface area contributed by atoms with E-state index in [4.69, 9.17) is 11.6 Å². The fourth-order valence-corrected chi connectivity index (χ4v) is 2.55. The summed E-state index contributed by atoms with van der Waals surface area (Å²) < 4.78 is 0. The highest BCUT2D eigenvalue weighted by atomic mass is 35.5. The second-order valence-electron chi connectivity index (χ2n) is 4.55. The molecule has 1 aromatic heterocycles. The Hall–Kier alpha value is -1.43. The van der Waals surface area contributed by atoms with Gasteiger partial charge in [-0.2, -0.15) is 4.98 Å². The average molecular weight is 271 g/mol. The van der Waals surface area contributed by atoms with Gasteiger partial charge < -0.3 is 4.90 Å². The fourth-order valence-electron chi connectivity index (χ4n) is 2.35. The number of anilines is 1. The molecular weight excluding hydrogens is 256 g/mol. The number of hydrogen-bond acceptors (Lipinski definition) is 5. The molecule has 0 bridgehead atoms. The monoisotopic (exact) mass is 270 g/mol. The number of aryl methyl sites for hydroxylation is 1. The molecule has 0 saturated carbocycles. The molecule has 2 rings (SSSR count). The molecule has 2 heterocycles. The predicted molar refractivity (Wildman–Crippen MR) is 69.1 cm³/mol. The summed E-state index contributed by atoms with van der Waals surface area (Å²) in [6.07, 6.45) is 3.17. The van der Waals surface area contributed by atoms with Crippen LogP contribution in [0.1, 0.15) is 31.9 Å². The molecule has 0 radical (unpaired) electrons. The molecule has 6 nitrogen and oxygen atoms in total. The second-order valence-corrected chi connectivity index (χ2v) is 4.88. The lowest BCUT2D eigenvalue weighted by atomic mass is 10.0. The number of piperidine rings is 1. The molecule has 1 aliphatic rings. The van der Waals surface area contributed by atoms with Crippen LogP contribution in [0, 0.1) is 17.0 Å². The third-order valence-electron chi connectivity index (χ3n) is 3.27. The summed E-state index contributed by atoms with van der Waals surface area (Å²) in [5.41, 5.74) is 0.279. The van der Waals surface area contributed by atoms with E-state index in [-0.39, 0.29) is 17.0 Å². The fraction of sp³-hybridized carbons (Fsp3) is 0.636. The molecule has 98 valence electrons. The zero-order valence-electron chi connectivity index (χ0n) is 10.4. The van der Waals surface area contributed by atoms with Gasteiger partial charge in [-0.3, -0.25) is 10.1 Å². The van der Waals surface area contributed by atoms with Crippen molar-refractivity contribution in [2.45, 2.75) is 39.2 Å². The summed E-state index contributed by atoms with van der Waals surface area (Å²) >= 11 is 5.82. The van der Waals surface area contributed by atoms with Crippen LogP contribution in [0.5, 0.6) is 0 Å². The highest BCUT2D eigenvalue weighted by Crippen LogP contribution is 2.33. The molecule has 0 aromatic carbocycles. The van der Waals surface area contributed by atoms with Gasteiger partial charge in [0.2, 0.25) is 11.1 Å². The lowest BCUT2D eigenvalue weighted by Crippen LogP contribution is -2.38. The van der Waals surface area contributed by atoms with Crippen molar-refractivity contribution in [2.24, 2.45) is 0 Å². The van der Waals surface area contributed by atoms with E-state index in [1.807, 2.05) is 11.8 Å². The zero-order valence-corrected chi connectivity index (χ0v) is 11.1. The number of hydrogen-bond donors (Lipinski definition) is 0. The van der Waals surface area contributed by atoms with Gasteiger partial charge in [0.1, 0.15) is 5.69 Å². The SMILES string of the molecule is Cc1nc(Cl)nc(N2CCCCC2C)c1[N+](=O)[O-]. The van der Waals surface area contributed by atoms with E-state index in [9.17, 15) is 10.1 Å². The first-order chi connectivity index (χ1) is 8.50. The zero-order chi connectivity index (χ0) is 13.3. The van der Waals surface area contributed by atoms with Gasteiger partial charge in [-0.05, 0) is 44.7 Å². The Morgan fingerprint density at radius 1 is 1.44 bits per heavy atom. The molecule has 1 aromatic rings. The van der Waals surface area contributed by atoms with Crippen molar-refractivity contribution < 1.29 is 4.92 Å². The Kier molecular flexibility index (Phi) is 3.65. The molecular formula is C11H15ClN4O2. The van der Waals surface area contributed by atoms with E-state index in [2.05, 4.69) is 9.97 Å². The van der Waals surface area contributed by atoms with Crippen molar-refractivity contribution in [3.05, 3.63) is 21.1 Å². The summed E-state index contributed by atoms with van der Waals surface area (Å²) in [6.45, 7) is 4.41. The molecule has 1 unspecified atom stereocenters. The van der Waals surface area contributed by atoms with Gasteiger partial charge in [0, 0.05) is 12.6 Å². The Bertz CT molecular complexity index is 480. The van der Waals surface area contributed by atoms with Crippen LogP contribution in [0.15, 0.2) is 0 Å². The summed E-state index contributed by atoms with van der Waals surface area (Å²) in [5, 5.41) is 11.2. The van der Waals surface area contributed by atoms with Gasteiger partial charge in [-0.15, -0.1) is 0 Å². The van der Waals surface area contributed by atoms with E-state index >= 15 is 0 Å². The molecule has 0 amide bonds. The quantitative estimate of drug-likeness (QED) is 0.469. The number of nitrogens with zero attached hydrogens (tertiary/aromatic N) is 4. The Morgan fingerprint density at radius 2 is 2.17 bits per heavy atom. The number of nitro groups is 1. The van der Waals surface area contributed by atoms with E-state index in [0.717, 1.165) is 25.8 Å². The molecule has 1 aliphatic heterocycles. The first-order valence-electron chi connectivity index (χ1n) is 5.96. The van der Waals surface area contributed by atoms with Crippen LogP contribution in [0.25, 0.3) is 0 Å². The average Bonchev–Trinajstić information content (AvgIpc) is 2.27. The summed E-state index contributed by atoms with van der Waals surface area (Å²) in [5.74, 6) is 0.352. The molecule has 18 heavy (non-hydrogen) atoms. The summed E-state index contributed by atoms with van der Waals surface area (Å²) in [4.78, 5) is 20.6. The van der Waals surface area contributed by atoms with Crippen molar-refractivity contribution in [2.75, 3.05) is 11.4 Å². The molecule has 1 saturated heterocycles. The first-order valence-corrected chi connectivity index (χ1v) is 6.33. The molecule has 1 atom stereocenters. The number of halogens is 1. The van der Waals surface area contributed by atoms with Gasteiger partial charge in [0.05, 0.1) is 4.92 Å². The lowest BCUT2D eigenvalue weighted by Gasteiger charge is -2.34. The predicted octanol–water partition coefficient (Wildman–Crippen LogP) is 2.73. The number of rotatable bonds is 2. The van der Waals surface area contributed by atoms with Crippen LogP contribution in [0.3, 0.4) is 0 Å². The smallest absolute Gasteiger partial charge is 0.332 e. The van der Waals surface area contributed by atoms with E-state index < -0.39 is 4.92 Å². The minimum atomic E-state index is -0.428. The first kappa shape index (κ1) is 13.0. The van der Waals surface area contributed by atoms with Crippen LogP contribution >= 0.6 is 11.6 Å². The van der Waals surface area contributed by atoms with Crippen molar-refractivity contribution in [1.29, 1.82) is 0 Å². The highest BCUT2D eigenvalue weighted by Gasteiger charge is 2.30. The minimum absolute atomic E-state index is 0.0341. The molecule has 1 fully saturated rings. The van der Waals surface area contributed by atoms with Gasteiger partial charge in [0.15, 0.2) is 0 Å². The largest absolute Gasteiger partial charge is 0.348 e. The normalized spacial score (nSPS) is 19.9. The van der Waals surface area contributed by atoms with Crippen LogP contribution in [0.4, 0.5) is 11.5 Å². The minimum Gasteiger partial charge on any atom is -0.348 e. The summed E-state index contributed by atoms with van der Waals surface area (Å²) in [6, 6.07) is 0.239. The molecule has 7 heteroatoms. The highest BCUT2D eigenvalue weighted by molar-refractivity contribution is 6.28. The van der Waals surface area contributed by atoms with Crippen LogP contribution in [-0.2, 0) is 0 Å². The van der Waals surface area contributed by atoms with Crippen LogP contribution < -0.4 is 4.90 Å². The summed E-state index contributed by atoms with van der Waals surface area (Å²) in [7, 11) is 0. The van der Waals surface area contributed by atoms with E-state index in [0.29, 0.717) is 11.5 Å². The van der Waals surface area contributed by atoms with Gasteiger partial charge in [0.25, 0.3) is 0 Å². The third-order valence-corrected chi connectivity index (χ3v) is 3.44. The van der Waals surface area contributed by atoms with Crippen LogP contribution in [0.2, 0.25) is 5.28 Å². The van der Waals surface area contributed by atoms with Crippen molar-refractivity contribution in [3.63, 3.8) is 0 Å².